The highest BCUT2D eigenvalue weighted by molar-refractivity contribution is 7.11. The monoisotopic (exact) mass is 272 g/mol. The largest absolute Gasteiger partial charge is 0.461 e. The molecule has 1 aliphatic rings. The first-order valence-electron chi connectivity index (χ1n) is 5.80. The number of aromatic nitrogens is 1. The van der Waals surface area contributed by atoms with Crippen molar-refractivity contribution in [3.05, 3.63) is 16.1 Å². The van der Waals surface area contributed by atoms with Gasteiger partial charge in [0.1, 0.15) is 0 Å². The number of nitrogens with zero attached hydrogens (tertiary/aromatic N) is 2. The summed E-state index contributed by atoms with van der Waals surface area (Å²) in [5.41, 5.74) is 0.754. The van der Waals surface area contributed by atoms with Gasteiger partial charge in [0, 0.05) is 25.0 Å². The minimum absolute atomic E-state index is 0.332. The number of ether oxygens (including phenoxy) is 1. The van der Waals surface area contributed by atoms with Crippen molar-refractivity contribution in [3.63, 3.8) is 0 Å². The van der Waals surface area contributed by atoms with Gasteiger partial charge in [-0.15, -0.1) is 11.3 Å². The first kappa shape index (κ1) is 13.4. The molecule has 100 valence electrons. The van der Waals surface area contributed by atoms with Gasteiger partial charge in [0.15, 0.2) is 0 Å². The van der Waals surface area contributed by atoms with E-state index >= 15 is 0 Å². The van der Waals surface area contributed by atoms with Crippen LogP contribution >= 0.6 is 11.3 Å². The lowest BCUT2D eigenvalue weighted by Gasteiger charge is -2.12. The number of aliphatic hydroxyl groups is 2. The van der Waals surface area contributed by atoms with Gasteiger partial charge in [-0.2, -0.15) is 0 Å². The molecule has 1 fully saturated rings. The Morgan fingerprint density at radius 3 is 2.83 bits per heavy atom. The van der Waals surface area contributed by atoms with E-state index in [2.05, 4.69) is 4.98 Å². The predicted molar refractivity (Wildman–Crippen MR) is 65.4 cm³/mol. The molecule has 0 saturated carbocycles. The number of esters is 1. The number of likely N-dealkylation sites (tertiary alicyclic amines) is 1. The molecule has 0 unspecified atom stereocenters. The van der Waals surface area contributed by atoms with Crippen LogP contribution in [0.1, 0.15) is 22.4 Å². The Bertz CT molecular complexity index is 413. The van der Waals surface area contributed by atoms with Crippen molar-refractivity contribution in [2.75, 3.05) is 19.7 Å². The summed E-state index contributed by atoms with van der Waals surface area (Å²) in [5.74, 6) is -0.407. The second-order valence-corrected chi connectivity index (χ2v) is 5.05. The van der Waals surface area contributed by atoms with E-state index < -0.39 is 18.2 Å². The SMILES string of the molecule is CCOC(=O)c1nc(CN2C[C@@H](O)[C@@H](O)C2)cs1. The Morgan fingerprint density at radius 1 is 1.56 bits per heavy atom. The van der Waals surface area contributed by atoms with E-state index in [1.807, 2.05) is 4.90 Å². The predicted octanol–water partition coefficient (Wildman–Crippen LogP) is -0.143. The van der Waals surface area contributed by atoms with Gasteiger partial charge < -0.3 is 14.9 Å². The number of aliphatic hydroxyl groups excluding tert-OH is 2. The molecule has 1 saturated heterocycles. The number of carbonyl (C=O) groups is 1. The molecule has 1 aromatic rings. The molecule has 0 amide bonds. The van der Waals surface area contributed by atoms with Crippen LogP contribution in [0.3, 0.4) is 0 Å². The third-order valence-corrected chi connectivity index (χ3v) is 3.59. The molecule has 2 atom stereocenters. The number of β-amino-alcohol motifs (C(OH)–C–C–N with tert-alkyl or cyclic N) is 2. The average molecular weight is 272 g/mol. The summed E-state index contributed by atoms with van der Waals surface area (Å²) in [6.45, 7) is 3.45. The second kappa shape index (κ2) is 5.75. The van der Waals surface area contributed by atoms with E-state index in [-0.39, 0.29) is 0 Å². The fourth-order valence-corrected chi connectivity index (χ4v) is 2.57. The van der Waals surface area contributed by atoms with E-state index in [1.165, 1.54) is 11.3 Å². The molecule has 0 aliphatic carbocycles. The van der Waals surface area contributed by atoms with Gasteiger partial charge in [-0.3, -0.25) is 4.90 Å². The van der Waals surface area contributed by atoms with Gasteiger partial charge >= 0.3 is 5.97 Å². The summed E-state index contributed by atoms with van der Waals surface area (Å²) in [5, 5.41) is 21.0. The van der Waals surface area contributed by atoms with Gasteiger partial charge in [0.05, 0.1) is 24.5 Å². The Balaban J connectivity index is 1.93. The maximum atomic E-state index is 11.4. The zero-order valence-corrected chi connectivity index (χ0v) is 10.9. The quantitative estimate of drug-likeness (QED) is 0.742. The van der Waals surface area contributed by atoms with Gasteiger partial charge in [-0.1, -0.05) is 0 Å². The molecule has 1 aliphatic heterocycles. The topological polar surface area (TPSA) is 82.9 Å². The van der Waals surface area contributed by atoms with E-state index in [0.29, 0.717) is 31.2 Å². The van der Waals surface area contributed by atoms with Gasteiger partial charge in [-0.05, 0) is 6.92 Å². The van der Waals surface area contributed by atoms with Crippen LogP contribution in [0.25, 0.3) is 0 Å². The van der Waals surface area contributed by atoms with Crippen molar-refractivity contribution in [3.8, 4) is 0 Å². The van der Waals surface area contributed by atoms with Gasteiger partial charge in [0.2, 0.25) is 5.01 Å². The van der Waals surface area contributed by atoms with Crippen LogP contribution in [0.4, 0.5) is 0 Å². The third kappa shape index (κ3) is 3.05. The minimum Gasteiger partial charge on any atom is -0.461 e. The van der Waals surface area contributed by atoms with Crippen LogP contribution in [-0.2, 0) is 11.3 Å². The van der Waals surface area contributed by atoms with Gasteiger partial charge in [-0.25, -0.2) is 9.78 Å². The fraction of sp³-hybridized carbons (Fsp3) is 0.636. The normalized spacial score (nSPS) is 24.4. The maximum Gasteiger partial charge on any atom is 0.367 e. The van der Waals surface area contributed by atoms with Crippen LogP contribution in [0, 0.1) is 0 Å². The maximum absolute atomic E-state index is 11.4. The molecule has 2 N–H and O–H groups in total. The molecular formula is C11H16N2O4S. The Morgan fingerprint density at radius 2 is 2.22 bits per heavy atom. The summed E-state index contributed by atoms with van der Waals surface area (Å²) < 4.78 is 4.86. The number of rotatable bonds is 4. The van der Waals surface area contributed by atoms with Crippen molar-refractivity contribution < 1.29 is 19.7 Å². The third-order valence-electron chi connectivity index (χ3n) is 2.72. The van der Waals surface area contributed by atoms with E-state index in [9.17, 15) is 15.0 Å². The second-order valence-electron chi connectivity index (χ2n) is 4.19. The molecule has 0 bridgehead atoms. The minimum atomic E-state index is -0.701. The van der Waals surface area contributed by atoms with Crippen LogP contribution in [0.15, 0.2) is 5.38 Å². The average Bonchev–Trinajstić information content (AvgIpc) is 2.88. The van der Waals surface area contributed by atoms with Crippen molar-refractivity contribution in [1.82, 2.24) is 9.88 Å². The molecular weight excluding hydrogens is 256 g/mol. The smallest absolute Gasteiger partial charge is 0.367 e. The molecule has 1 aromatic heterocycles. The van der Waals surface area contributed by atoms with Crippen LogP contribution in [-0.4, -0.2) is 58.0 Å². The zero-order chi connectivity index (χ0) is 13.1. The molecule has 0 aromatic carbocycles. The van der Waals surface area contributed by atoms with Crippen LogP contribution in [0.5, 0.6) is 0 Å². The van der Waals surface area contributed by atoms with E-state index in [0.717, 1.165) is 5.69 Å². The lowest BCUT2D eigenvalue weighted by Crippen LogP contribution is -2.22. The molecule has 0 spiro atoms. The number of thiazole rings is 1. The standard InChI is InChI=1S/C11H16N2O4S/c1-2-17-11(16)10-12-7(6-18-10)3-13-4-8(14)9(15)5-13/h6,8-9,14-15H,2-5H2,1H3/t8-,9+. The Kier molecular flexibility index (Phi) is 4.28. The summed E-state index contributed by atoms with van der Waals surface area (Å²) in [7, 11) is 0. The number of hydrogen-bond acceptors (Lipinski definition) is 7. The molecule has 18 heavy (non-hydrogen) atoms. The highest BCUT2D eigenvalue weighted by atomic mass is 32.1. The molecule has 7 heteroatoms. The van der Waals surface area contributed by atoms with Crippen molar-refractivity contribution in [1.29, 1.82) is 0 Å². The van der Waals surface area contributed by atoms with Crippen molar-refractivity contribution in [2.24, 2.45) is 0 Å². The molecule has 2 rings (SSSR count). The summed E-state index contributed by atoms with van der Waals surface area (Å²) in [6, 6.07) is 0. The molecule has 2 heterocycles. The van der Waals surface area contributed by atoms with Crippen molar-refractivity contribution in [2.45, 2.75) is 25.7 Å². The van der Waals surface area contributed by atoms with Crippen LogP contribution < -0.4 is 0 Å². The summed E-state index contributed by atoms with van der Waals surface area (Å²) in [4.78, 5) is 17.5. The zero-order valence-electron chi connectivity index (χ0n) is 10.1. The first-order valence-corrected chi connectivity index (χ1v) is 6.68. The Hall–Kier alpha value is -1.02. The highest BCUT2D eigenvalue weighted by Gasteiger charge is 2.29. The van der Waals surface area contributed by atoms with Crippen LogP contribution in [0.2, 0.25) is 0 Å². The molecule has 6 nitrogen and oxygen atoms in total. The first-order chi connectivity index (χ1) is 8.60. The van der Waals surface area contributed by atoms with Crippen molar-refractivity contribution >= 4 is 17.3 Å². The lowest BCUT2D eigenvalue weighted by molar-refractivity contribution is 0.0525. The van der Waals surface area contributed by atoms with E-state index in [4.69, 9.17) is 4.74 Å². The fourth-order valence-electron chi connectivity index (χ4n) is 1.87. The number of hydrogen-bond donors (Lipinski definition) is 2. The van der Waals surface area contributed by atoms with Gasteiger partial charge in [0.25, 0.3) is 0 Å². The lowest BCUT2D eigenvalue weighted by atomic mass is 10.3. The Labute approximate surface area is 109 Å². The molecule has 0 radical (unpaired) electrons. The van der Waals surface area contributed by atoms with E-state index in [1.54, 1.807) is 12.3 Å². The summed E-state index contributed by atoms with van der Waals surface area (Å²) in [6.07, 6.45) is -1.40. The number of carbonyl (C=O) groups excluding carboxylic acids is 1. The summed E-state index contributed by atoms with van der Waals surface area (Å²) >= 11 is 1.25. The highest BCUT2D eigenvalue weighted by Crippen LogP contribution is 2.16.